The van der Waals surface area contributed by atoms with Crippen LogP contribution < -0.4 is 16.5 Å². The van der Waals surface area contributed by atoms with Crippen LogP contribution in [0.3, 0.4) is 0 Å². The number of hydrogen-bond acceptors (Lipinski definition) is 5. The molecule has 0 aliphatic heterocycles. The molecule has 0 radical (unpaired) electrons. The number of aliphatic imine (C=N–C) groups is 1. The van der Waals surface area contributed by atoms with Crippen molar-refractivity contribution in [2.75, 3.05) is 0 Å². The highest BCUT2D eigenvalue weighted by molar-refractivity contribution is 7.18. The number of hydrogen-bond donors (Lipinski definition) is 4. The molecule has 12 heteroatoms. The molecule has 0 saturated heterocycles. The van der Waals surface area contributed by atoms with Crippen molar-refractivity contribution in [3.63, 3.8) is 0 Å². The Balaban J connectivity index is 1.58. The number of carbonyl (C=O) groups excluding carboxylic acids is 1. The Labute approximate surface area is 220 Å². The van der Waals surface area contributed by atoms with Crippen molar-refractivity contribution in [3.8, 4) is 11.4 Å². The van der Waals surface area contributed by atoms with Crippen molar-refractivity contribution in [1.29, 1.82) is 0 Å². The molecule has 1 fully saturated rings. The first kappa shape index (κ1) is 25.0. The monoisotopic (exact) mass is 540 g/mol. The number of aliphatic hydroxyl groups excluding tert-OH is 1. The van der Waals surface area contributed by atoms with Gasteiger partial charge in [-0.1, -0.05) is 23.7 Å². The number of nitrogens with one attached hydrogen (secondary N) is 1. The molecule has 3 heterocycles. The van der Waals surface area contributed by atoms with E-state index in [0.29, 0.717) is 56.6 Å². The number of benzene rings is 1. The highest BCUT2D eigenvalue weighted by atomic mass is 35.5. The van der Waals surface area contributed by atoms with Gasteiger partial charge in [0, 0.05) is 12.1 Å². The fourth-order valence-electron chi connectivity index (χ4n) is 4.77. The van der Waals surface area contributed by atoms with E-state index in [0.717, 1.165) is 6.34 Å². The zero-order chi connectivity index (χ0) is 26.1. The van der Waals surface area contributed by atoms with Crippen molar-refractivity contribution in [3.05, 3.63) is 69.4 Å². The predicted octanol–water partition coefficient (Wildman–Crippen LogP) is 2.33. The average molecular weight is 541 g/mol. The summed E-state index contributed by atoms with van der Waals surface area (Å²) in [5, 5.41) is 19.2. The molecule has 0 spiro atoms. The van der Waals surface area contributed by atoms with Crippen LogP contribution in [-0.2, 0) is 0 Å². The quantitative estimate of drug-likeness (QED) is 0.219. The maximum atomic E-state index is 14.9. The largest absolute Gasteiger partial charge is 0.393 e. The normalized spacial score (nSPS) is 20.2. The number of halogens is 2. The highest BCUT2D eigenvalue weighted by Gasteiger charge is 2.33. The van der Waals surface area contributed by atoms with Gasteiger partial charge in [-0.05, 0) is 54.6 Å². The third-order valence-corrected chi connectivity index (χ3v) is 7.55. The lowest BCUT2D eigenvalue weighted by Gasteiger charge is -2.34. The van der Waals surface area contributed by atoms with Crippen LogP contribution in [0.25, 0.3) is 22.4 Å². The first-order chi connectivity index (χ1) is 17.8. The molecule has 37 heavy (non-hydrogen) atoms. The van der Waals surface area contributed by atoms with Gasteiger partial charge >= 0.3 is 0 Å². The molecule has 3 atom stereocenters. The number of imidazole rings is 1. The first-order valence-electron chi connectivity index (χ1n) is 11.6. The first-order valence-corrected chi connectivity index (χ1v) is 12.8. The van der Waals surface area contributed by atoms with Gasteiger partial charge in [0.15, 0.2) is 0 Å². The second-order valence-electron chi connectivity index (χ2n) is 8.80. The number of carbonyl (C=O) groups is 1. The molecule has 6 N–H and O–H groups in total. The lowest BCUT2D eigenvalue weighted by Crippen LogP contribution is -2.42. The van der Waals surface area contributed by atoms with Crippen molar-refractivity contribution in [2.24, 2.45) is 10.7 Å². The topological polar surface area (TPSA) is 144 Å². The van der Waals surface area contributed by atoms with Crippen LogP contribution in [0.4, 0.5) is 4.39 Å². The molecule has 9 nitrogen and oxygen atoms in total. The van der Waals surface area contributed by atoms with Crippen LogP contribution in [0, 0.1) is 5.82 Å². The Morgan fingerprint density at radius 2 is 2.11 bits per heavy atom. The van der Waals surface area contributed by atoms with Crippen LogP contribution in [-0.4, -0.2) is 49.9 Å². The predicted molar refractivity (Wildman–Crippen MR) is 141 cm³/mol. The van der Waals surface area contributed by atoms with E-state index in [1.54, 1.807) is 42.6 Å². The van der Waals surface area contributed by atoms with E-state index in [1.807, 2.05) is 4.57 Å². The van der Waals surface area contributed by atoms with Crippen molar-refractivity contribution >= 4 is 52.1 Å². The number of rotatable bonds is 6. The SMILES string of the molecule is NC(=NC=[NH2+])c1cc2c(cn1)nc(-c1ccccc1F)n2[C@H]1CC(NC(=O)c2ccc(Cl)s2)C[C@H](O)C1. The van der Waals surface area contributed by atoms with E-state index < -0.39 is 11.9 Å². The summed E-state index contributed by atoms with van der Waals surface area (Å²) in [4.78, 5) is 26.2. The Hall–Kier alpha value is -3.67. The van der Waals surface area contributed by atoms with Gasteiger partial charge in [0.25, 0.3) is 18.1 Å². The number of aromatic nitrogens is 3. The summed E-state index contributed by atoms with van der Waals surface area (Å²) in [7, 11) is 0. The van der Waals surface area contributed by atoms with Crippen molar-refractivity contribution < 1.29 is 19.7 Å². The molecule has 0 bridgehead atoms. The molecule has 5 rings (SSSR count). The van der Waals surface area contributed by atoms with Crippen LogP contribution in [0.1, 0.15) is 40.7 Å². The third-order valence-electron chi connectivity index (χ3n) is 6.32. The lowest BCUT2D eigenvalue weighted by atomic mass is 9.88. The molecule has 1 unspecified atom stereocenters. The van der Waals surface area contributed by atoms with Gasteiger partial charge in [0.2, 0.25) is 0 Å². The van der Waals surface area contributed by atoms with E-state index >= 15 is 0 Å². The summed E-state index contributed by atoms with van der Waals surface area (Å²) in [6.45, 7) is 0. The molecule has 1 amide bonds. The van der Waals surface area contributed by atoms with Crippen LogP contribution in [0.15, 0.2) is 53.7 Å². The van der Waals surface area contributed by atoms with Gasteiger partial charge in [-0.3, -0.25) is 10.2 Å². The average Bonchev–Trinajstić information content (AvgIpc) is 3.47. The maximum Gasteiger partial charge on any atom is 0.280 e. The van der Waals surface area contributed by atoms with Gasteiger partial charge in [-0.2, -0.15) is 0 Å². The van der Waals surface area contributed by atoms with Crippen LogP contribution >= 0.6 is 22.9 Å². The number of amides is 1. The lowest BCUT2D eigenvalue weighted by molar-refractivity contribution is -0.106. The minimum absolute atomic E-state index is 0.119. The zero-order valence-electron chi connectivity index (χ0n) is 19.5. The smallest absolute Gasteiger partial charge is 0.280 e. The summed E-state index contributed by atoms with van der Waals surface area (Å²) in [6.07, 6.45) is 3.20. The molecule has 1 aromatic carbocycles. The van der Waals surface area contributed by atoms with Crippen molar-refractivity contribution in [1.82, 2.24) is 19.9 Å². The molecule has 190 valence electrons. The van der Waals surface area contributed by atoms with Crippen LogP contribution in [0.5, 0.6) is 0 Å². The van der Waals surface area contributed by atoms with Crippen molar-refractivity contribution in [2.45, 2.75) is 37.5 Å². The fraction of sp³-hybridized carbons (Fsp3) is 0.240. The Bertz CT molecular complexity index is 1520. The second-order valence-corrected chi connectivity index (χ2v) is 10.5. The van der Waals surface area contributed by atoms with Gasteiger partial charge in [-0.25, -0.2) is 14.4 Å². The van der Waals surface area contributed by atoms with E-state index in [2.05, 4.69) is 15.3 Å². The molecular formula is C25H24ClFN7O2S+. The fourth-order valence-corrected chi connectivity index (χ4v) is 5.71. The Kier molecular flexibility index (Phi) is 7.00. The van der Waals surface area contributed by atoms with Crippen LogP contribution in [0.2, 0.25) is 4.34 Å². The molecule has 3 aromatic heterocycles. The molecule has 4 aromatic rings. The minimum Gasteiger partial charge on any atom is -0.393 e. The molecule has 1 aliphatic rings. The number of thiophene rings is 1. The number of nitrogens with zero attached hydrogens (tertiary/aromatic N) is 4. The summed E-state index contributed by atoms with van der Waals surface area (Å²) in [5.74, 6) is -0.176. The number of nitrogens with two attached hydrogens (primary N) is 2. The summed E-state index contributed by atoms with van der Waals surface area (Å²) >= 11 is 7.17. The standard InChI is InChI=1S/C25H23ClFN7O2S/c26-22-6-5-21(37-22)25(36)32-13-7-14(9-15(35)8-13)34-20-10-18(23(29)31-12-28)30-11-19(20)33-24(34)16-3-1-2-4-17(16)27/h1-6,10-15,35H,7-9H2,(H,32,36)(H3,28,29,31)/p+1/t13?,14-,15-/m0/s1. The van der Waals surface area contributed by atoms with Gasteiger partial charge in [0.05, 0.1) is 32.6 Å². The summed E-state index contributed by atoms with van der Waals surface area (Å²) in [5.41, 5.74) is 7.88. The Morgan fingerprint density at radius 3 is 2.84 bits per heavy atom. The number of amidine groups is 1. The summed E-state index contributed by atoms with van der Waals surface area (Å²) in [6, 6.07) is 10.8. The van der Waals surface area contributed by atoms with Gasteiger partial charge in [0.1, 0.15) is 22.9 Å². The van der Waals surface area contributed by atoms with Gasteiger partial charge < -0.3 is 20.7 Å². The molecule has 1 saturated carbocycles. The molecule has 1 aliphatic carbocycles. The van der Waals surface area contributed by atoms with E-state index in [1.165, 1.54) is 17.4 Å². The number of aliphatic hydroxyl groups is 1. The Morgan fingerprint density at radius 1 is 1.30 bits per heavy atom. The second kappa shape index (κ2) is 10.4. The third kappa shape index (κ3) is 5.10. The maximum absolute atomic E-state index is 14.9. The van der Waals surface area contributed by atoms with Gasteiger partial charge in [-0.15, -0.1) is 11.3 Å². The highest BCUT2D eigenvalue weighted by Crippen LogP contribution is 2.37. The minimum atomic E-state index is -0.693. The zero-order valence-corrected chi connectivity index (χ0v) is 21.1. The van der Waals surface area contributed by atoms with E-state index in [9.17, 15) is 14.3 Å². The van der Waals surface area contributed by atoms with E-state index in [-0.39, 0.29) is 23.8 Å². The number of pyridine rings is 1. The number of fused-ring (bicyclic) bond motifs is 1. The summed E-state index contributed by atoms with van der Waals surface area (Å²) < 4.78 is 17.3. The molecular weight excluding hydrogens is 517 g/mol. The van der Waals surface area contributed by atoms with E-state index in [4.69, 9.17) is 27.7 Å².